The monoisotopic (exact) mass is 1230 g/mol. The molecule has 0 bridgehead atoms. The number of carbonyl (C=O) groups is 6. The molecule has 8 rings (SSSR count). The normalized spacial score (nSPS) is 16.8. The molecular formula is C68H86F2N6O13. The van der Waals surface area contributed by atoms with E-state index in [4.69, 9.17) is 33.5 Å². The Bertz CT molecular complexity index is 3280. The van der Waals surface area contributed by atoms with Crippen LogP contribution in [0.3, 0.4) is 0 Å². The van der Waals surface area contributed by atoms with Gasteiger partial charge in [-0.2, -0.15) is 0 Å². The number of aliphatic carboxylic acids is 1. The SMILES string of the molecule is CC(C)(C)OC(=O)N[C@H](Cc1ccc(F)cc1)C(=O)O.COC[C@H]1CN([C@@H](Cc2ccc3ccccc3c2)C(=O)OC)CCN1.COC[C@H]1CN([C@@H](Cc2ccc3ccccc3c2)C(=O)OC)CCN1C(=O)[C@@H](Cc1ccc(F)cc1)NC(=O)OC(C)(C)C. The third kappa shape index (κ3) is 22.5. The van der Waals surface area contributed by atoms with Crippen LogP contribution in [0.2, 0.25) is 0 Å². The average molecular weight is 1230 g/mol. The molecule has 2 aliphatic heterocycles. The van der Waals surface area contributed by atoms with Gasteiger partial charge in [0.05, 0.1) is 33.5 Å². The Morgan fingerprint density at radius 1 is 0.539 bits per heavy atom. The van der Waals surface area contributed by atoms with Crippen LogP contribution < -0.4 is 16.0 Å². The molecule has 6 aromatic rings. The van der Waals surface area contributed by atoms with Crippen LogP contribution in [-0.2, 0) is 73.3 Å². The number of alkyl carbamates (subject to hydrolysis) is 2. The number of carbonyl (C=O) groups excluding carboxylic acids is 5. The zero-order chi connectivity index (χ0) is 64.8. The minimum Gasteiger partial charge on any atom is -0.480 e. The van der Waals surface area contributed by atoms with Gasteiger partial charge in [0.2, 0.25) is 5.91 Å². The number of nitrogens with zero attached hydrogens (tertiary/aromatic N) is 3. The van der Waals surface area contributed by atoms with E-state index in [9.17, 15) is 37.5 Å². The van der Waals surface area contributed by atoms with Crippen LogP contribution in [0.5, 0.6) is 0 Å². The maximum absolute atomic E-state index is 14.1. The van der Waals surface area contributed by atoms with Crippen LogP contribution in [-0.4, -0.2) is 184 Å². The molecule has 2 fully saturated rings. The molecule has 480 valence electrons. The molecule has 3 amide bonds. The van der Waals surface area contributed by atoms with Gasteiger partial charge in [0.15, 0.2) is 0 Å². The minimum atomic E-state index is -1.18. The number of carboxylic acids is 1. The predicted octanol–water partition coefficient (Wildman–Crippen LogP) is 8.55. The van der Waals surface area contributed by atoms with Crippen LogP contribution >= 0.6 is 0 Å². The van der Waals surface area contributed by atoms with Crippen molar-refractivity contribution in [3.8, 4) is 0 Å². The smallest absolute Gasteiger partial charge is 0.408 e. The summed E-state index contributed by atoms with van der Waals surface area (Å²) in [5.74, 6) is -2.81. The molecule has 6 aromatic carbocycles. The van der Waals surface area contributed by atoms with E-state index < -0.39 is 65.2 Å². The van der Waals surface area contributed by atoms with E-state index in [1.165, 1.54) is 61.4 Å². The summed E-state index contributed by atoms with van der Waals surface area (Å²) < 4.78 is 57.9. The van der Waals surface area contributed by atoms with Crippen molar-refractivity contribution in [2.45, 2.75) is 115 Å². The van der Waals surface area contributed by atoms with Crippen molar-refractivity contribution in [3.05, 3.63) is 167 Å². The fraction of sp³-hybridized carbons (Fsp3) is 0.441. The van der Waals surface area contributed by atoms with E-state index >= 15 is 0 Å². The Morgan fingerprint density at radius 3 is 1.40 bits per heavy atom. The van der Waals surface area contributed by atoms with Crippen molar-refractivity contribution in [3.63, 3.8) is 0 Å². The van der Waals surface area contributed by atoms with Crippen molar-refractivity contribution >= 4 is 57.5 Å². The van der Waals surface area contributed by atoms with E-state index in [0.29, 0.717) is 50.2 Å². The maximum Gasteiger partial charge on any atom is 0.408 e. The first kappa shape index (κ1) is 70.0. The molecular weight excluding hydrogens is 1150 g/mol. The fourth-order valence-electron chi connectivity index (χ4n) is 10.6. The quantitative estimate of drug-likeness (QED) is 0.0415. The van der Waals surface area contributed by atoms with Crippen LogP contribution in [0.4, 0.5) is 18.4 Å². The van der Waals surface area contributed by atoms with Gasteiger partial charge in [-0.1, -0.05) is 109 Å². The Labute approximate surface area is 520 Å². The third-order valence-corrected chi connectivity index (χ3v) is 14.8. The number of nitrogens with one attached hydrogen (secondary N) is 3. The summed E-state index contributed by atoms with van der Waals surface area (Å²) in [6, 6.07) is 37.0. The van der Waals surface area contributed by atoms with Crippen LogP contribution in [0.1, 0.15) is 63.8 Å². The largest absolute Gasteiger partial charge is 0.480 e. The molecule has 0 saturated carbocycles. The van der Waals surface area contributed by atoms with Gasteiger partial charge in [-0.3, -0.25) is 24.2 Å². The first-order chi connectivity index (χ1) is 42.3. The number of hydrogen-bond acceptors (Lipinski definition) is 15. The molecule has 6 atom stereocenters. The maximum atomic E-state index is 14.1. The number of methoxy groups -OCH3 is 4. The van der Waals surface area contributed by atoms with Crippen LogP contribution in [0.15, 0.2) is 133 Å². The van der Waals surface area contributed by atoms with E-state index in [1.54, 1.807) is 72.8 Å². The number of amides is 3. The van der Waals surface area contributed by atoms with E-state index in [2.05, 4.69) is 57.2 Å². The van der Waals surface area contributed by atoms with Gasteiger partial charge in [0, 0.05) is 72.4 Å². The third-order valence-electron chi connectivity index (χ3n) is 14.8. The summed E-state index contributed by atoms with van der Waals surface area (Å²) in [6.45, 7) is 14.7. The molecule has 2 heterocycles. The van der Waals surface area contributed by atoms with Gasteiger partial charge in [0.1, 0.15) is 47.0 Å². The lowest BCUT2D eigenvalue weighted by atomic mass is 9.98. The van der Waals surface area contributed by atoms with Crippen molar-refractivity contribution in [1.29, 1.82) is 0 Å². The first-order valence-corrected chi connectivity index (χ1v) is 29.7. The number of hydrogen-bond donors (Lipinski definition) is 4. The Balaban J connectivity index is 0.000000236. The van der Waals surface area contributed by atoms with E-state index in [0.717, 1.165) is 41.5 Å². The highest BCUT2D eigenvalue weighted by Crippen LogP contribution is 2.24. The van der Waals surface area contributed by atoms with Gasteiger partial charge in [-0.25, -0.2) is 23.2 Å². The standard InChI is InChI=1S/C34H42FN3O6.C20H26N2O3.C14H18FNO4/c1-34(2,3)44-33(41)36-29(19-23-11-14-27(35)15-12-23)31(39)38-17-16-37(21-28(38)22-42-4)30(32(40)43-5)20-24-10-13-25-8-6-7-9-26(25)18-24;1-24-14-18-13-22(10-9-21-18)19(20(23)25-2)12-15-7-8-16-5-3-4-6-17(16)11-15;1-14(2,3)20-13(19)16-11(12(17)18)8-9-4-6-10(15)7-5-9/h6-15,18,28-30H,16-17,19-22H2,1-5H3,(H,36,41);3-8,11,18-19,21H,9-10,12-14H2,1-2H3;4-7,11H,8H2,1-3H3,(H,16,19)(H,17,18)/t28-,29-,30+;18-,19+;11-/m111/s1. The molecule has 0 unspecified atom stereocenters. The van der Waals surface area contributed by atoms with Gasteiger partial charge < -0.3 is 54.4 Å². The highest BCUT2D eigenvalue weighted by Gasteiger charge is 2.40. The second-order valence-electron chi connectivity index (χ2n) is 24.0. The number of rotatable bonds is 20. The van der Waals surface area contributed by atoms with Crippen molar-refractivity contribution in [2.75, 3.05) is 80.9 Å². The number of halogens is 2. The molecule has 21 heteroatoms. The molecule has 2 aliphatic rings. The molecule has 0 aromatic heterocycles. The fourth-order valence-corrected chi connectivity index (χ4v) is 10.6. The van der Waals surface area contributed by atoms with Crippen LogP contribution in [0.25, 0.3) is 21.5 Å². The van der Waals surface area contributed by atoms with Gasteiger partial charge >= 0.3 is 30.1 Å². The molecule has 0 aliphatic carbocycles. The molecule has 0 spiro atoms. The lowest BCUT2D eigenvalue weighted by molar-refractivity contribution is -0.151. The highest BCUT2D eigenvalue weighted by atomic mass is 19.1. The topological polar surface area (TPSA) is 224 Å². The molecule has 19 nitrogen and oxygen atoms in total. The molecule has 2 saturated heterocycles. The zero-order valence-corrected chi connectivity index (χ0v) is 52.6. The summed E-state index contributed by atoms with van der Waals surface area (Å²) in [6.07, 6.45) is -0.233. The lowest BCUT2D eigenvalue weighted by Crippen LogP contribution is -2.63. The van der Waals surface area contributed by atoms with Crippen molar-refractivity contribution < 1.29 is 71.1 Å². The summed E-state index contributed by atoms with van der Waals surface area (Å²) in [5, 5.41) is 22.1. The predicted molar refractivity (Wildman–Crippen MR) is 335 cm³/mol. The summed E-state index contributed by atoms with van der Waals surface area (Å²) in [4.78, 5) is 80.9. The number of ether oxygens (including phenoxy) is 6. The second-order valence-corrected chi connectivity index (χ2v) is 24.0. The van der Waals surface area contributed by atoms with Gasteiger partial charge in [-0.15, -0.1) is 0 Å². The number of carboxylic acid groups (broad SMARTS) is 1. The zero-order valence-electron chi connectivity index (χ0n) is 52.6. The number of fused-ring (bicyclic) bond motifs is 2. The highest BCUT2D eigenvalue weighted by molar-refractivity contribution is 5.87. The molecule has 89 heavy (non-hydrogen) atoms. The summed E-state index contributed by atoms with van der Waals surface area (Å²) in [5.41, 5.74) is 1.98. The average Bonchev–Trinajstić information content (AvgIpc) is 2.18. The van der Waals surface area contributed by atoms with E-state index in [1.807, 2.05) is 53.4 Å². The van der Waals surface area contributed by atoms with E-state index in [-0.39, 0.29) is 49.4 Å². The first-order valence-electron chi connectivity index (χ1n) is 29.7. The Morgan fingerprint density at radius 2 is 0.966 bits per heavy atom. The van der Waals surface area contributed by atoms with Crippen molar-refractivity contribution in [1.82, 2.24) is 30.7 Å². The summed E-state index contributed by atoms with van der Waals surface area (Å²) in [7, 11) is 6.10. The minimum absolute atomic E-state index is 0.0505. The number of piperazine rings is 2. The number of esters is 2. The Kier molecular flexibility index (Phi) is 26.3. The lowest BCUT2D eigenvalue weighted by Gasteiger charge is -2.44. The van der Waals surface area contributed by atoms with Gasteiger partial charge in [-0.05, 0) is 122 Å². The van der Waals surface area contributed by atoms with Crippen molar-refractivity contribution in [2.24, 2.45) is 0 Å². The molecule has 0 radical (unpaired) electrons. The van der Waals surface area contributed by atoms with Gasteiger partial charge in [0.25, 0.3) is 0 Å². The summed E-state index contributed by atoms with van der Waals surface area (Å²) >= 11 is 0. The molecule has 4 N–H and O–H groups in total. The van der Waals surface area contributed by atoms with Crippen LogP contribution in [0, 0.1) is 11.6 Å². The Hall–Kier alpha value is -8.08. The second kappa shape index (κ2) is 33.5. The number of benzene rings is 6.